The predicted molar refractivity (Wildman–Crippen MR) is 74.9 cm³/mol. The van der Waals surface area contributed by atoms with E-state index in [2.05, 4.69) is 0 Å². The second-order valence-corrected chi connectivity index (χ2v) is 4.74. The number of rotatable bonds is 4. The quantitative estimate of drug-likeness (QED) is 0.687. The lowest BCUT2D eigenvalue weighted by Gasteiger charge is -2.14. The Kier molecular flexibility index (Phi) is 4.10. The Balaban J connectivity index is 2.24. The summed E-state index contributed by atoms with van der Waals surface area (Å²) in [6.45, 7) is 1.86. The van der Waals surface area contributed by atoms with Gasteiger partial charge in [0.2, 0.25) is 0 Å². The van der Waals surface area contributed by atoms with Crippen molar-refractivity contribution >= 4 is 5.69 Å². The molecule has 2 rings (SSSR count). The standard InChI is InChI=1S/C15H15FN2O2/c1-10-2-7-13(18(19)20)9-14(10)15(17)8-11-3-5-12(16)6-4-11/h2-7,9,15H,8,17H2,1H3. The number of nitro benzene ring substituents is 1. The van der Waals surface area contributed by atoms with E-state index >= 15 is 0 Å². The first-order chi connectivity index (χ1) is 9.47. The van der Waals surface area contributed by atoms with E-state index in [0.717, 1.165) is 16.7 Å². The minimum Gasteiger partial charge on any atom is -0.324 e. The number of hydrogen-bond acceptors (Lipinski definition) is 3. The van der Waals surface area contributed by atoms with Gasteiger partial charge in [0.1, 0.15) is 5.82 Å². The van der Waals surface area contributed by atoms with Crippen molar-refractivity contribution in [1.82, 2.24) is 0 Å². The van der Waals surface area contributed by atoms with Gasteiger partial charge in [-0.15, -0.1) is 0 Å². The van der Waals surface area contributed by atoms with Crippen molar-refractivity contribution in [3.05, 3.63) is 75.1 Å². The van der Waals surface area contributed by atoms with Crippen LogP contribution in [0, 0.1) is 22.9 Å². The maximum atomic E-state index is 12.8. The maximum Gasteiger partial charge on any atom is 0.269 e. The number of nitrogens with two attached hydrogens (primary N) is 1. The molecule has 104 valence electrons. The summed E-state index contributed by atoms with van der Waals surface area (Å²) in [7, 11) is 0. The van der Waals surface area contributed by atoms with Crippen molar-refractivity contribution in [3.8, 4) is 0 Å². The number of nitro groups is 1. The van der Waals surface area contributed by atoms with Crippen LogP contribution in [0.15, 0.2) is 42.5 Å². The highest BCUT2D eigenvalue weighted by atomic mass is 19.1. The van der Waals surface area contributed by atoms with Gasteiger partial charge in [-0.1, -0.05) is 18.2 Å². The average Bonchev–Trinajstić information content (AvgIpc) is 2.41. The molecular weight excluding hydrogens is 259 g/mol. The molecule has 0 saturated carbocycles. The van der Waals surface area contributed by atoms with Crippen LogP contribution in [0.5, 0.6) is 0 Å². The van der Waals surface area contributed by atoms with Gasteiger partial charge in [-0.25, -0.2) is 4.39 Å². The first-order valence-corrected chi connectivity index (χ1v) is 6.22. The van der Waals surface area contributed by atoms with Crippen LogP contribution < -0.4 is 5.73 Å². The van der Waals surface area contributed by atoms with E-state index in [1.165, 1.54) is 24.3 Å². The molecule has 0 aliphatic rings. The maximum absolute atomic E-state index is 12.8. The molecule has 2 aromatic carbocycles. The Bertz CT molecular complexity index is 626. The Labute approximate surface area is 116 Å². The summed E-state index contributed by atoms with van der Waals surface area (Å²) in [5, 5.41) is 10.8. The van der Waals surface area contributed by atoms with Gasteiger partial charge in [-0.3, -0.25) is 10.1 Å². The van der Waals surface area contributed by atoms with Crippen molar-refractivity contribution in [2.75, 3.05) is 0 Å². The molecule has 4 nitrogen and oxygen atoms in total. The third-order valence-electron chi connectivity index (χ3n) is 3.24. The number of benzene rings is 2. The summed E-state index contributed by atoms with van der Waals surface area (Å²) in [6, 6.07) is 10.4. The molecule has 0 amide bonds. The van der Waals surface area contributed by atoms with Gasteiger partial charge >= 0.3 is 0 Å². The lowest BCUT2D eigenvalue weighted by atomic mass is 9.95. The molecule has 2 N–H and O–H groups in total. The highest BCUT2D eigenvalue weighted by Gasteiger charge is 2.14. The zero-order chi connectivity index (χ0) is 14.7. The lowest BCUT2D eigenvalue weighted by Crippen LogP contribution is -2.15. The monoisotopic (exact) mass is 274 g/mol. The summed E-state index contributed by atoms with van der Waals surface area (Å²) >= 11 is 0. The van der Waals surface area contributed by atoms with Crippen LogP contribution in [0.25, 0.3) is 0 Å². The van der Waals surface area contributed by atoms with Crippen LogP contribution in [0.3, 0.4) is 0 Å². The van der Waals surface area contributed by atoms with Gasteiger partial charge < -0.3 is 5.73 Å². The van der Waals surface area contributed by atoms with Crippen molar-refractivity contribution in [2.24, 2.45) is 5.73 Å². The molecule has 1 unspecified atom stereocenters. The number of nitrogens with zero attached hydrogens (tertiary/aromatic N) is 1. The zero-order valence-corrected chi connectivity index (χ0v) is 11.0. The molecule has 20 heavy (non-hydrogen) atoms. The summed E-state index contributed by atoms with van der Waals surface area (Å²) in [5.74, 6) is -0.297. The van der Waals surface area contributed by atoms with Crippen LogP contribution in [0.2, 0.25) is 0 Å². The normalized spacial score (nSPS) is 12.2. The van der Waals surface area contributed by atoms with Gasteiger partial charge in [-0.2, -0.15) is 0 Å². The fourth-order valence-corrected chi connectivity index (χ4v) is 2.13. The fraction of sp³-hybridized carbons (Fsp3) is 0.200. The molecule has 0 spiro atoms. The van der Waals surface area contributed by atoms with Gasteiger partial charge in [0.15, 0.2) is 0 Å². The molecule has 0 aliphatic carbocycles. The molecule has 1 atom stereocenters. The van der Waals surface area contributed by atoms with E-state index in [4.69, 9.17) is 5.73 Å². The van der Waals surface area contributed by atoms with E-state index < -0.39 is 4.92 Å². The molecule has 2 aromatic rings. The van der Waals surface area contributed by atoms with E-state index in [1.54, 1.807) is 18.2 Å². The lowest BCUT2D eigenvalue weighted by molar-refractivity contribution is -0.384. The van der Waals surface area contributed by atoms with Gasteiger partial charge in [0.05, 0.1) is 4.92 Å². The minimum atomic E-state index is -0.437. The average molecular weight is 274 g/mol. The number of hydrogen-bond donors (Lipinski definition) is 1. The minimum absolute atomic E-state index is 0.0279. The number of non-ortho nitro benzene ring substituents is 1. The highest BCUT2D eigenvalue weighted by Crippen LogP contribution is 2.24. The van der Waals surface area contributed by atoms with Crippen molar-refractivity contribution in [1.29, 1.82) is 0 Å². The molecule has 0 saturated heterocycles. The topological polar surface area (TPSA) is 69.2 Å². The SMILES string of the molecule is Cc1ccc([N+](=O)[O-])cc1C(N)Cc1ccc(F)cc1. The van der Waals surface area contributed by atoms with Crippen LogP contribution in [0.4, 0.5) is 10.1 Å². The number of halogens is 1. The van der Waals surface area contributed by atoms with Crippen LogP contribution in [-0.2, 0) is 6.42 Å². The Hall–Kier alpha value is -2.27. The van der Waals surface area contributed by atoms with E-state index in [-0.39, 0.29) is 17.5 Å². The predicted octanol–water partition coefficient (Wildman–Crippen LogP) is 3.28. The molecule has 0 fully saturated rings. The van der Waals surface area contributed by atoms with Crippen LogP contribution >= 0.6 is 0 Å². The largest absolute Gasteiger partial charge is 0.324 e. The summed E-state index contributed by atoms with van der Waals surface area (Å²) in [6.07, 6.45) is 0.502. The van der Waals surface area contributed by atoms with E-state index in [9.17, 15) is 14.5 Å². The Morgan fingerprint density at radius 1 is 1.25 bits per heavy atom. The highest BCUT2D eigenvalue weighted by molar-refractivity contribution is 5.41. The molecular formula is C15H15FN2O2. The van der Waals surface area contributed by atoms with E-state index in [1.807, 2.05) is 6.92 Å². The second-order valence-electron chi connectivity index (χ2n) is 4.74. The van der Waals surface area contributed by atoms with Crippen LogP contribution in [0.1, 0.15) is 22.7 Å². The van der Waals surface area contributed by atoms with Crippen LogP contribution in [-0.4, -0.2) is 4.92 Å². The molecule has 0 aromatic heterocycles. The summed E-state index contributed by atoms with van der Waals surface area (Å²) in [5.41, 5.74) is 8.69. The van der Waals surface area contributed by atoms with Crippen molar-refractivity contribution < 1.29 is 9.31 Å². The summed E-state index contributed by atoms with van der Waals surface area (Å²) < 4.78 is 12.8. The van der Waals surface area contributed by atoms with Crippen molar-refractivity contribution in [2.45, 2.75) is 19.4 Å². The smallest absolute Gasteiger partial charge is 0.269 e. The molecule has 0 heterocycles. The molecule has 0 radical (unpaired) electrons. The Morgan fingerprint density at radius 2 is 1.90 bits per heavy atom. The van der Waals surface area contributed by atoms with E-state index in [0.29, 0.717) is 6.42 Å². The van der Waals surface area contributed by atoms with Gasteiger partial charge in [0, 0.05) is 18.2 Å². The second kappa shape index (κ2) is 5.79. The zero-order valence-electron chi connectivity index (χ0n) is 11.0. The molecule has 0 bridgehead atoms. The molecule has 0 aliphatic heterocycles. The van der Waals surface area contributed by atoms with Gasteiger partial charge in [-0.05, 0) is 42.2 Å². The Morgan fingerprint density at radius 3 is 2.50 bits per heavy atom. The van der Waals surface area contributed by atoms with Crippen molar-refractivity contribution in [3.63, 3.8) is 0 Å². The third kappa shape index (κ3) is 3.19. The molecule has 5 heteroatoms. The number of aryl methyl sites for hydroxylation is 1. The van der Waals surface area contributed by atoms with Gasteiger partial charge in [0.25, 0.3) is 5.69 Å². The first-order valence-electron chi connectivity index (χ1n) is 6.22. The summed E-state index contributed by atoms with van der Waals surface area (Å²) in [4.78, 5) is 10.4. The third-order valence-corrected chi connectivity index (χ3v) is 3.24. The first kappa shape index (κ1) is 14.1. The fourth-order valence-electron chi connectivity index (χ4n) is 2.13.